The van der Waals surface area contributed by atoms with Gasteiger partial charge in [-0.05, 0) is 12.3 Å². The molecule has 13 heavy (non-hydrogen) atoms. The molecule has 3 atom stereocenters. The van der Waals surface area contributed by atoms with Crippen LogP contribution in [-0.2, 0) is 4.74 Å². The lowest BCUT2D eigenvalue weighted by molar-refractivity contribution is 0.0932. The molecule has 3 unspecified atom stereocenters. The summed E-state index contributed by atoms with van der Waals surface area (Å²) in [4.78, 5) is 0. The third-order valence-corrected chi connectivity index (χ3v) is 2.45. The van der Waals surface area contributed by atoms with Crippen LogP contribution in [0, 0.1) is 11.8 Å². The second-order valence-electron chi connectivity index (χ2n) is 3.83. The van der Waals surface area contributed by atoms with E-state index >= 15 is 0 Å². The summed E-state index contributed by atoms with van der Waals surface area (Å²) in [6, 6.07) is 0. The van der Waals surface area contributed by atoms with Gasteiger partial charge in [0.2, 0.25) is 6.43 Å². The fourth-order valence-electron chi connectivity index (χ4n) is 1.73. The van der Waals surface area contributed by atoms with E-state index in [-0.39, 0.29) is 18.3 Å². The number of hydrogen-bond donors (Lipinski definition) is 1. The molecule has 4 heteroatoms. The predicted molar refractivity (Wildman–Crippen MR) is 44.7 cm³/mol. The van der Waals surface area contributed by atoms with E-state index in [0.717, 1.165) is 0 Å². The maximum Gasteiger partial charge on any atom is 0.238 e. The van der Waals surface area contributed by atoms with Crippen molar-refractivity contribution in [2.75, 3.05) is 13.2 Å². The van der Waals surface area contributed by atoms with Gasteiger partial charge in [0.1, 0.15) is 0 Å². The Morgan fingerprint density at radius 1 is 1.46 bits per heavy atom. The fourth-order valence-corrected chi connectivity index (χ4v) is 1.73. The highest BCUT2D eigenvalue weighted by molar-refractivity contribution is 4.76. The van der Waals surface area contributed by atoms with Gasteiger partial charge in [0.05, 0.1) is 19.3 Å². The molecule has 0 radical (unpaired) electrons. The van der Waals surface area contributed by atoms with Gasteiger partial charge in [0.15, 0.2) is 0 Å². The zero-order valence-corrected chi connectivity index (χ0v) is 7.75. The quantitative estimate of drug-likeness (QED) is 0.737. The summed E-state index contributed by atoms with van der Waals surface area (Å²) in [6.07, 6.45) is -2.15. The second-order valence-corrected chi connectivity index (χ2v) is 3.83. The molecule has 1 saturated heterocycles. The standard InChI is InChI=1S/C9H16F2O2/c1-6(3-9(10)11)2-7-4-13-5-8(7)12/h6-9,12H,2-5H2,1H3. The van der Waals surface area contributed by atoms with Crippen molar-refractivity contribution >= 4 is 0 Å². The molecule has 0 aliphatic carbocycles. The van der Waals surface area contributed by atoms with E-state index in [0.29, 0.717) is 19.6 Å². The summed E-state index contributed by atoms with van der Waals surface area (Å²) < 4.78 is 29.0. The van der Waals surface area contributed by atoms with Gasteiger partial charge in [-0.1, -0.05) is 6.92 Å². The van der Waals surface area contributed by atoms with Crippen LogP contribution in [0.4, 0.5) is 8.78 Å². The normalized spacial score (nSPS) is 31.2. The molecule has 0 spiro atoms. The molecule has 1 rings (SSSR count). The van der Waals surface area contributed by atoms with E-state index in [1.807, 2.05) is 0 Å². The summed E-state index contributed by atoms with van der Waals surface area (Å²) in [5.74, 6) is 0.00935. The van der Waals surface area contributed by atoms with Gasteiger partial charge < -0.3 is 9.84 Å². The number of rotatable bonds is 4. The smallest absolute Gasteiger partial charge is 0.238 e. The van der Waals surface area contributed by atoms with Crippen molar-refractivity contribution in [2.45, 2.75) is 32.3 Å². The lowest BCUT2D eigenvalue weighted by Gasteiger charge is -2.17. The Balaban J connectivity index is 2.22. The topological polar surface area (TPSA) is 29.5 Å². The molecule has 0 amide bonds. The summed E-state index contributed by atoms with van der Waals surface area (Å²) >= 11 is 0. The monoisotopic (exact) mass is 194 g/mol. The van der Waals surface area contributed by atoms with Crippen LogP contribution in [0.2, 0.25) is 0 Å². The molecule has 1 aliphatic heterocycles. The molecule has 1 aliphatic rings. The average molecular weight is 194 g/mol. The molecule has 0 saturated carbocycles. The van der Waals surface area contributed by atoms with E-state index in [2.05, 4.69) is 0 Å². The maximum atomic E-state index is 12.0. The maximum absolute atomic E-state index is 12.0. The van der Waals surface area contributed by atoms with Gasteiger partial charge in [0.25, 0.3) is 0 Å². The molecular formula is C9H16F2O2. The first-order valence-electron chi connectivity index (χ1n) is 4.63. The number of aliphatic hydroxyl groups is 1. The number of halogens is 2. The zero-order chi connectivity index (χ0) is 9.84. The lowest BCUT2D eigenvalue weighted by atomic mass is 9.92. The molecule has 1 fully saturated rings. The van der Waals surface area contributed by atoms with Crippen LogP contribution in [0.25, 0.3) is 0 Å². The number of alkyl halides is 2. The molecule has 0 aromatic heterocycles. The summed E-state index contributed by atoms with van der Waals surface area (Å²) in [5, 5.41) is 9.36. The Kier molecular flexibility index (Phi) is 4.06. The minimum absolute atomic E-state index is 0.0404. The van der Waals surface area contributed by atoms with Gasteiger partial charge in [-0.15, -0.1) is 0 Å². The second kappa shape index (κ2) is 4.86. The van der Waals surface area contributed by atoms with Crippen molar-refractivity contribution in [3.8, 4) is 0 Å². The van der Waals surface area contributed by atoms with Crippen molar-refractivity contribution in [1.82, 2.24) is 0 Å². The van der Waals surface area contributed by atoms with E-state index in [1.54, 1.807) is 6.92 Å². The largest absolute Gasteiger partial charge is 0.390 e. The van der Waals surface area contributed by atoms with Gasteiger partial charge in [0, 0.05) is 12.3 Å². The van der Waals surface area contributed by atoms with Gasteiger partial charge in [-0.2, -0.15) is 0 Å². The number of hydrogen-bond acceptors (Lipinski definition) is 2. The minimum Gasteiger partial charge on any atom is -0.390 e. The molecule has 2 nitrogen and oxygen atoms in total. The molecule has 78 valence electrons. The highest BCUT2D eigenvalue weighted by Gasteiger charge is 2.28. The third kappa shape index (κ3) is 3.56. The summed E-state index contributed by atoms with van der Waals surface area (Å²) in [7, 11) is 0. The number of ether oxygens (including phenoxy) is 1. The zero-order valence-electron chi connectivity index (χ0n) is 7.75. The van der Waals surface area contributed by atoms with Crippen molar-refractivity contribution < 1.29 is 18.6 Å². The first-order chi connectivity index (χ1) is 6.09. The van der Waals surface area contributed by atoms with E-state index in [4.69, 9.17) is 4.74 Å². The molecule has 1 N–H and O–H groups in total. The Morgan fingerprint density at radius 2 is 2.15 bits per heavy atom. The Bertz CT molecular complexity index is 153. The summed E-state index contributed by atoms with van der Waals surface area (Å²) in [5.41, 5.74) is 0. The third-order valence-electron chi connectivity index (χ3n) is 2.45. The number of aliphatic hydroxyl groups excluding tert-OH is 1. The van der Waals surface area contributed by atoms with Crippen molar-refractivity contribution in [1.29, 1.82) is 0 Å². The van der Waals surface area contributed by atoms with Gasteiger partial charge in [-0.25, -0.2) is 8.78 Å². The molecule has 0 bridgehead atoms. The minimum atomic E-state index is -2.24. The molecule has 0 aromatic rings. The Morgan fingerprint density at radius 3 is 2.62 bits per heavy atom. The first-order valence-corrected chi connectivity index (χ1v) is 4.63. The van der Waals surface area contributed by atoms with Crippen LogP contribution in [-0.4, -0.2) is 30.8 Å². The molecule has 0 aromatic carbocycles. The van der Waals surface area contributed by atoms with Crippen LogP contribution in [0.5, 0.6) is 0 Å². The van der Waals surface area contributed by atoms with E-state index in [1.165, 1.54) is 0 Å². The van der Waals surface area contributed by atoms with Crippen molar-refractivity contribution in [3.63, 3.8) is 0 Å². The van der Waals surface area contributed by atoms with E-state index < -0.39 is 12.5 Å². The predicted octanol–water partition coefficient (Wildman–Crippen LogP) is 1.68. The van der Waals surface area contributed by atoms with Gasteiger partial charge >= 0.3 is 0 Å². The average Bonchev–Trinajstić information content (AvgIpc) is 2.34. The molecular weight excluding hydrogens is 178 g/mol. The van der Waals surface area contributed by atoms with Crippen LogP contribution in [0.3, 0.4) is 0 Å². The fraction of sp³-hybridized carbons (Fsp3) is 1.00. The van der Waals surface area contributed by atoms with Crippen molar-refractivity contribution in [2.24, 2.45) is 11.8 Å². The SMILES string of the molecule is CC(CC(F)F)CC1COCC1O. The Labute approximate surface area is 76.9 Å². The van der Waals surface area contributed by atoms with Crippen LogP contribution in [0.1, 0.15) is 19.8 Å². The van der Waals surface area contributed by atoms with Crippen LogP contribution in [0.15, 0.2) is 0 Å². The lowest BCUT2D eigenvalue weighted by Crippen LogP contribution is -2.20. The first kappa shape index (κ1) is 10.9. The summed E-state index contributed by atoms with van der Waals surface area (Å²) in [6.45, 7) is 2.65. The van der Waals surface area contributed by atoms with Crippen molar-refractivity contribution in [3.05, 3.63) is 0 Å². The van der Waals surface area contributed by atoms with E-state index in [9.17, 15) is 13.9 Å². The van der Waals surface area contributed by atoms with Crippen LogP contribution < -0.4 is 0 Å². The highest BCUT2D eigenvalue weighted by Crippen LogP contribution is 2.24. The molecule has 1 heterocycles. The highest BCUT2D eigenvalue weighted by atomic mass is 19.3. The van der Waals surface area contributed by atoms with Crippen LogP contribution >= 0.6 is 0 Å². The Hall–Kier alpha value is -0.220. The van der Waals surface area contributed by atoms with Gasteiger partial charge in [-0.3, -0.25) is 0 Å².